The summed E-state index contributed by atoms with van der Waals surface area (Å²) in [7, 11) is 0. The summed E-state index contributed by atoms with van der Waals surface area (Å²) in [5.74, 6) is -2.31. The molecule has 166 valence electrons. The molecule has 1 aliphatic rings. The fraction of sp³-hybridized carbons (Fsp3) is 0.208. The summed E-state index contributed by atoms with van der Waals surface area (Å²) in [4.78, 5) is 12.2. The maximum absolute atomic E-state index is 14.0. The quantitative estimate of drug-likeness (QED) is 0.440. The molecule has 1 amide bonds. The van der Waals surface area contributed by atoms with Gasteiger partial charge in [0.2, 0.25) is 0 Å². The van der Waals surface area contributed by atoms with Crippen molar-refractivity contribution in [1.29, 1.82) is 0 Å². The molecule has 4 rings (SSSR count). The molecule has 2 unspecified atom stereocenters. The van der Waals surface area contributed by atoms with Gasteiger partial charge in [0.05, 0.1) is 5.56 Å². The molecule has 0 spiro atoms. The Hall–Kier alpha value is -3.49. The summed E-state index contributed by atoms with van der Waals surface area (Å²) in [5.41, 5.74) is 8.75. The van der Waals surface area contributed by atoms with Gasteiger partial charge in [-0.15, -0.1) is 0 Å². The van der Waals surface area contributed by atoms with Gasteiger partial charge >= 0.3 is 6.09 Å². The highest BCUT2D eigenvalue weighted by atomic mass is 19.1. The summed E-state index contributed by atoms with van der Waals surface area (Å²) < 4.78 is 33.2. The van der Waals surface area contributed by atoms with Gasteiger partial charge in [-0.1, -0.05) is 48.5 Å². The minimum absolute atomic E-state index is 0.0692. The molecule has 0 saturated carbocycles. The van der Waals surface area contributed by atoms with Crippen molar-refractivity contribution >= 4 is 11.8 Å². The van der Waals surface area contributed by atoms with Crippen LogP contribution in [0.3, 0.4) is 0 Å². The molecule has 32 heavy (non-hydrogen) atoms. The summed E-state index contributed by atoms with van der Waals surface area (Å²) in [6, 6.07) is 17.4. The van der Waals surface area contributed by atoms with Gasteiger partial charge in [0.25, 0.3) is 0 Å². The van der Waals surface area contributed by atoms with Gasteiger partial charge in [-0.05, 0) is 34.4 Å². The number of nitrogens with two attached hydrogens (primary N) is 1. The molecule has 0 fully saturated rings. The summed E-state index contributed by atoms with van der Waals surface area (Å²) >= 11 is 0. The molecule has 0 aliphatic heterocycles. The number of nitrogens with one attached hydrogen (secondary N) is 1. The second-order valence-electron chi connectivity index (χ2n) is 7.62. The van der Waals surface area contributed by atoms with Crippen LogP contribution in [0.2, 0.25) is 0 Å². The van der Waals surface area contributed by atoms with Crippen molar-refractivity contribution in [3.8, 4) is 11.1 Å². The molecule has 0 aromatic heterocycles. The lowest BCUT2D eigenvalue weighted by Gasteiger charge is -2.20. The molecule has 5 N–H and O–H groups in total. The van der Waals surface area contributed by atoms with Crippen LogP contribution in [0.4, 0.5) is 19.3 Å². The zero-order valence-corrected chi connectivity index (χ0v) is 17.0. The number of aliphatic hydroxyl groups is 2. The van der Waals surface area contributed by atoms with E-state index in [1.54, 1.807) is 0 Å². The lowest BCUT2D eigenvalue weighted by atomic mass is 9.98. The van der Waals surface area contributed by atoms with E-state index in [0.29, 0.717) is 0 Å². The molecule has 1 aliphatic carbocycles. The number of ether oxygens (including phenoxy) is 1. The van der Waals surface area contributed by atoms with Gasteiger partial charge in [0, 0.05) is 18.2 Å². The van der Waals surface area contributed by atoms with Gasteiger partial charge < -0.3 is 26.0 Å². The van der Waals surface area contributed by atoms with Crippen LogP contribution in [-0.2, 0) is 4.74 Å². The van der Waals surface area contributed by atoms with E-state index in [1.807, 2.05) is 48.5 Å². The van der Waals surface area contributed by atoms with Crippen LogP contribution < -0.4 is 11.1 Å². The molecule has 2 atom stereocenters. The first-order valence-electron chi connectivity index (χ1n) is 10.1. The van der Waals surface area contributed by atoms with Crippen molar-refractivity contribution in [3.63, 3.8) is 0 Å². The van der Waals surface area contributed by atoms with E-state index in [9.17, 15) is 23.8 Å². The number of fused-ring (bicyclic) bond motifs is 3. The number of carbonyl (C=O) groups is 1. The number of nitrogen functional groups attached to an aromatic ring is 1. The van der Waals surface area contributed by atoms with Crippen LogP contribution in [0.25, 0.3) is 11.1 Å². The fourth-order valence-electron chi connectivity index (χ4n) is 4.03. The molecule has 3 aromatic rings. The van der Waals surface area contributed by atoms with Crippen LogP contribution >= 0.6 is 0 Å². The number of amides is 1. The first kappa shape index (κ1) is 21.7. The summed E-state index contributed by atoms with van der Waals surface area (Å²) in [6.07, 6.45) is -4.39. The van der Waals surface area contributed by atoms with Gasteiger partial charge in [-0.25, -0.2) is 13.6 Å². The number of rotatable bonds is 6. The molecule has 3 aromatic carbocycles. The summed E-state index contributed by atoms with van der Waals surface area (Å²) in [5, 5.41) is 22.5. The van der Waals surface area contributed by atoms with Crippen molar-refractivity contribution < 1.29 is 28.5 Å². The van der Waals surface area contributed by atoms with Crippen LogP contribution in [0.1, 0.15) is 28.7 Å². The predicted octanol–water partition coefficient (Wildman–Crippen LogP) is 3.48. The first-order chi connectivity index (χ1) is 15.4. The average molecular weight is 440 g/mol. The number of alkyl carbamates (subject to hydrolysis) is 1. The molecule has 6 nitrogen and oxygen atoms in total. The van der Waals surface area contributed by atoms with Crippen molar-refractivity contribution in [1.82, 2.24) is 5.32 Å². The first-order valence-corrected chi connectivity index (χ1v) is 10.1. The number of aliphatic hydroxyl groups excluding tert-OH is 2. The Morgan fingerprint density at radius 1 is 1.00 bits per heavy atom. The molecule has 0 radical (unpaired) electrons. The van der Waals surface area contributed by atoms with Crippen molar-refractivity contribution in [2.45, 2.75) is 18.1 Å². The Balaban J connectivity index is 1.36. The second-order valence-corrected chi connectivity index (χ2v) is 7.62. The van der Waals surface area contributed by atoms with Crippen LogP contribution in [0.15, 0.2) is 60.7 Å². The molecule has 0 bridgehead atoms. The molecular weight excluding hydrogens is 418 g/mol. The fourth-order valence-corrected chi connectivity index (χ4v) is 4.03. The van der Waals surface area contributed by atoms with Gasteiger partial charge in [0.1, 0.15) is 30.4 Å². The molecule has 0 heterocycles. The third kappa shape index (κ3) is 4.15. The highest BCUT2D eigenvalue weighted by Crippen LogP contribution is 2.44. The van der Waals surface area contributed by atoms with Crippen LogP contribution in [-0.4, -0.2) is 35.6 Å². The van der Waals surface area contributed by atoms with Crippen LogP contribution in [0.5, 0.6) is 0 Å². The monoisotopic (exact) mass is 440 g/mol. The maximum Gasteiger partial charge on any atom is 0.407 e. The maximum atomic E-state index is 14.0. The van der Waals surface area contributed by atoms with Gasteiger partial charge in [-0.3, -0.25) is 0 Å². The van der Waals surface area contributed by atoms with E-state index in [1.165, 1.54) is 0 Å². The van der Waals surface area contributed by atoms with Crippen LogP contribution in [0, 0.1) is 11.6 Å². The smallest absolute Gasteiger partial charge is 0.407 e. The van der Waals surface area contributed by atoms with E-state index in [-0.39, 0.29) is 18.2 Å². The Bertz CT molecular complexity index is 1090. The normalized spacial score (nSPS) is 14.4. The topological polar surface area (TPSA) is 105 Å². The third-order valence-electron chi connectivity index (χ3n) is 5.56. The Morgan fingerprint density at radius 3 is 2.09 bits per heavy atom. The Kier molecular flexibility index (Phi) is 6.07. The standard InChI is InChI=1S/C24H22F2N2O4/c25-19-9-13(27)10-20(26)22(19)23(30)21(29)11-28-24(31)32-12-18-16-7-3-1-5-14(16)15-6-2-4-8-17(15)18/h1-10,18,21,23,29-30H,11-12,27H2,(H,28,31). The average Bonchev–Trinajstić information content (AvgIpc) is 3.09. The Morgan fingerprint density at radius 2 is 1.53 bits per heavy atom. The highest BCUT2D eigenvalue weighted by molar-refractivity contribution is 5.79. The number of hydrogen-bond donors (Lipinski definition) is 4. The highest BCUT2D eigenvalue weighted by Gasteiger charge is 2.30. The number of carbonyl (C=O) groups excluding carboxylic acids is 1. The molecule has 0 saturated heterocycles. The van der Waals surface area contributed by atoms with Crippen molar-refractivity contribution in [2.24, 2.45) is 0 Å². The molecular formula is C24H22F2N2O4. The number of hydrogen-bond acceptors (Lipinski definition) is 5. The van der Waals surface area contributed by atoms with E-state index in [0.717, 1.165) is 34.4 Å². The van der Waals surface area contributed by atoms with Gasteiger partial charge in [-0.2, -0.15) is 0 Å². The van der Waals surface area contributed by atoms with E-state index < -0.39 is 42.0 Å². The SMILES string of the molecule is Nc1cc(F)c(C(O)C(O)CNC(=O)OCC2c3ccccc3-c3ccccc32)c(F)c1. The van der Waals surface area contributed by atoms with Gasteiger partial charge in [0.15, 0.2) is 0 Å². The largest absolute Gasteiger partial charge is 0.449 e. The Labute approximate surface area is 183 Å². The lowest BCUT2D eigenvalue weighted by Crippen LogP contribution is -2.36. The number of halogens is 2. The minimum Gasteiger partial charge on any atom is -0.449 e. The second kappa shape index (κ2) is 8.94. The summed E-state index contributed by atoms with van der Waals surface area (Å²) in [6.45, 7) is -0.402. The van der Waals surface area contributed by atoms with E-state index in [4.69, 9.17) is 10.5 Å². The number of anilines is 1. The zero-order valence-electron chi connectivity index (χ0n) is 17.0. The third-order valence-corrected chi connectivity index (χ3v) is 5.56. The van der Waals surface area contributed by atoms with Crippen molar-refractivity contribution in [2.75, 3.05) is 18.9 Å². The lowest BCUT2D eigenvalue weighted by molar-refractivity contribution is 0.0144. The number of benzene rings is 3. The van der Waals surface area contributed by atoms with Crippen molar-refractivity contribution in [3.05, 3.63) is 89.0 Å². The zero-order chi connectivity index (χ0) is 22.8. The van der Waals surface area contributed by atoms with E-state index in [2.05, 4.69) is 5.32 Å². The minimum atomic E-state index is -1.90. The molecule has 8 heteroatoms. The van der Waals surface area contributed by atoms with E-state index >= 15 is 0 Å². The predicted molar refractivity (Wildman–Crippen MR) is 115 cm³/mol.